The third-order valence-electron chi connectivity index (χ3n) is 3.33. The quantitative estimate of drug-likeness (QED) is 0.793. The van der Waals surface area contributed by atoms with Crippen LogP contribution in [0.4, 0.5) is 0 Å². The van der Waals surface area contributed by atoms with E-state index in [1.54, 1.807) is 4.67 Å². The van der Waals surface area contributed by atoms with Gasteiger partial charge in [-0.05, 0) is 17.5 Å². The molecule has 1 heterocycles. The highest BCUT2D eigenvalue weighted by atomic mass is 31.2. The van der Waals surface area contributed by atoms with Crippen molar-refractivity contribution in [1.29, 1.82) is 0 Å². The summed E-state index contributed by atoms with van der Waals surface area (Å²) >= 11 is 0. The summed E-state index contributed by atoms with van der Waals surface area (Å²) in [6.45, 7) is 5.12. The van der Waals surface area contributed by atoms with E-state index in [1.807, 2.05) is 50.2 Å². The SMILES string of the molecule is CCN(CC)P1(=O)Oc2cccc3cccc(c23)O1. The maximum atomic E-state index is 12.9. The Morgan fingerprint density at radius 1 is 1.00 bits per heavy atom. The van der Waals surface area contributed by atoms with Gasteiger partial charge in [0.05, 0.1) is 5.39 Å². The van der Waals surface area contributed by atoms with Crippen LogP contribution >= 0.6 is 7.75 Å². The third-order valence-corrected chi connectivity index (χ3v) is 5.45. The molecule has 0 aliphatic carbocycles. The Morgan fingerprint density at radius 2 is 1.53 bits per heavy atom. The van der Waals surface area contributed by atoms with Crippen molar-refractivity contribution in [1.82, 2.24) is 4.67 Å². The Bertz CT molecular complexity index is 622. The lowest BCUT2D eigenvalue weighted by Crippen LogP contribution is -2.26. The molecule has 0 amide bonds. The van der Waals surface area contributed by atoms with Crippen LogP contribution in [0.15, 0.2) is 36.4 Å². The molecule has 1 aliphatic heterocycles. The Balaban J connectivity index is 2.15. The fraction of sp³-hybridized carbons (Fsp3) is 0.286. The van der Waals surface area contributed by atoms with Gasteiger partial charge in [0.2, 0.25) is 0 Å². The van der Waals surface area contributed by atoms with Gasteiger partial charge < -0.3 is 9.05 Å². The first kappa shape index (κ1) is 12.5. The van der Waals surface area contributed by atoms with Gasteiger partial charge in [0.15, 0.2) is 0 Å². The largest absolute Gasteiger partial charge is 0.515 e. The van der Waals surface area contributed by atoms with Gasteiger partial charge in [-0.2, -0.15) is 4.67 Å². The number of nitrogens with zero attached hydrogens (tertiary/aromatic N) is 1. The summed E-state index contributed by atoms with van der Waals surface area (Å²) in [6.07, 6.45) is 0. The third kappa shape index (κ3) is 1.92. The number of hydrogen-bond donors (Lipinski definition) is 0. The molecule has 2 aromatic rings. The predicted octanol–water partition coefficient (Wildman–Crippen LogP) is 4.06. The maximum absolute atomic E-state index is 12.9. The van der Waals surface area contributed by atoms with Gasteiger partial charge in [-0.15, -0.1) is 0 Å². The highest BCUT2D eigenvalue weighted by Gasteiger charge is 2.39. The molecule has 0 saturated carbocycles. The number of benzene rings is 2. The Hall–Kier alpha value is -1.51. The smallest absolute Gasteiger partial charge is 0.404 e. The minimum absolute atomic E-state index is 0.617. The molecule has 0 aromatic heterocycles. The summed E-state index contributed by atoms with van der Waals surface area (Å²) in [5.74, 6) is 1.27. The monoisotopic (exact) mass is 277 g/mol. The van der Waals surface area contributed by atoms with Gasteiger partial charge in [0.25, 0.3) is 0 Å². The zero-order valence-corrected chi connectivity index (χ0v) is 11.9. The van der Waals surface area contributed by atoms with E-state index in [-0.39, 0.29) is 0 Å². The Kier molecular flexibility index (Phi) is 3.00. The highest BCUT2D eigenvalue weighted by molar-refractivity contribution is 7.52. The van der Waals surface area contributed by atoms with E-state index in [0.29, 0.717) is 24.6 Å². The minimum Gasteiger partial charge on any atom is -0.404 e. The molecular formula is C14H16NO3P. The van der Waals surface area contributed by atoms with Crippen LogP contribution in [0, 0.1) is 0 Å². The van der Waals surface area contributed by atoms with Crippen molar-refractivity contribution in [2.75, 3.05) is 13.1 Å². The lowest BCUT2D eigenvalue weighted by Gasteiger charge is -2.32. The lowest BCUT2D eigenvalue weighted by molar-refractivity contribution is 0.290. The van der Waals surface area contributed by atoms with Gasteiger partial charge in [-0.25, -0.2) is 4.57 Å². The van der Waals surface area contributed by atoms with E-state index in [0.717, 1.165) is 10.8 Å². The van der Waals surface area contributed by atoms with E-state index >= 15 is 0 Å². The van der Waals surface area contributed by atoms with Crippen molar-refractivity contribution < 1.29 is 13.6 Å². The number of hydrogen-bond acceptors (Lipinski definition) is 3. The van der Waals surface area contributed by atoms with E-state index in [4.69, 9.17) is 9.05 Å². The number of rotatable bonds is 3. The standard InChI is InChI=1S/C14H16NO3P/c1-3-15(4-2)19(16)17-12-9-5-7-11-8-6-10-13(18-19)14(11)12/h5-10H,3-4H2,1-2H3. The van der Waals surface area contributed by atoms with E-state index in [1.165, 1.54) is 0 Å². The summed E-state index contributed by atoms with van der Waals surface area (Å²) < 4.78 is 26.0. The molecule has 0 N–H and O–H groups in total. The lowest BCUT2D eigenvalue weighted by atomic mass is 10.1. The molecule has 0 fully saturated rings. The summed E-state index contributed by atoms with van der Waals surface area (Å²) in [5, 5.41) is 1.92. The van der Waals surface area contributed by atoms with Gasteiger partial charge in [0, 0.05) is 13.1 Å². The van der Waals surface area contributed by atoms with Crippen molar-refractivity contribution in [3.63, 3.8) is 0 Å². The maximum Gasteiger partial charge on any atom is 0.515 e. The molecule has 4 nitrogen and oxygen atoms in total. The van der Waals surface area contributed by atoms with Gasteiger partial charge in [-0.1, -0.05) is 38.1 Å². The molecule has 100 valence electrons. The molecule has 0 radical (unpaired) electrons. The highest BCUT2D eigenvalue weighted by Crippen LogP contribution is 2.58. The molecule has 0 saturated heterocycles. The van der Waals surface area contributed by atoms with Crippen LogP contribution in [0.25, 0.3) is 10.8 Å². The average molecular weight is 277 g/mol. The van der Waals surface area contributed by atoms with Crippen LogP contribution in [0.2, 0.25) is 0 Å². The normalized spacial score (nSPS) is 16.2. The molecule has 5 heteroatoms. The molecule has 0 spiro atoms. The molecule has 0 atom stereocenters. The van der Waals surface area contributed by atoms with Crippen LogP contribution < -0.4 is 9.05 Å². The first-order valence-electron chi connectivity index (χ1n) is 6.44. The first-order chi connectivity index (χ1) is 9.18. The summed E-state index contributed by atoms with van der Waals surface area (Å²) in [5.41, 5.74) is 0. The average Bonchev–Trinajstić information content (AvgIpc) is 2.40. The van der Waals surface area contributed by atoms with Gasteiger partial charge in [-0.3, -0.25) is 0 Å². The zero-order chi connectivity index (χ0) is 13.5. The molecule has 1 aliphatic rings. The van der Waals surface area contributed by atoms with Crippen LogP contribution in [0.1, 0.15) is 13.8 Å². The zero-order valence-electron chi connectivity index (χ0n) is 11.0. The van der Waals surface area contributed by atoms with E-state index < -0.39 is 7.75 Å². The second-order valence-electron chi connectivity index (χ2n) is 4.40. The van der Waals surface area contributed by atoms with Crippen LogP contribution in [-0.2, 0) is 4.57 Å². The van der Waals surface area contributed by atoms with Crippen molar-refractivity contribution in [3.8, 4) is 11.5 Å². The van der Waals surface area contributed by atoms with Crippen molar-refractivity contribution in [2.45, 2.75) is 13.8 Å². The fourth-order valence-corrected chi connectivity index (χ4v) is 4.14. The fourth-order valence-electron chi connectivity index (χ4n) is 2.38. The summed E-state index contributed by atoms with van der Waals surface area (Å²) in [4.78, 5) is 0. The van der Waals surface area contributed by atoms with Crippen LogP contribution in [-0.4, -0.2) is 17.8 Å². The minimum atomic E-state index is -3.28. The molecular weight excluding hydrogens is 261 g/mol. The second-order valence-corrected chi connectivity index (χ2v) is 6.27. The van der Waals surface area contributed by atoms with Crippen LogP contribution in [0.3, 0.4) is 0 Å². The van der Waals surface area contributed by atoms with E-state index in [2.05, 4.69) is 0 Å². The first-order valence-corrected chi connectivity index (χ1v) is 7.94. The van der Waals surface area contributed by atoms with Crippen molar-refractivity contribution in [3.05, 3.63) is 36.4 Å². The Morgan fingerprint density at radius 3 is 2.00 bits per heavy atom. The van der Waals surface area contributed by atoms with E-state index in [9.17, 15) is 4.57 Å². The molecule has 0 bridgehead atoms. The summed E-state index contributed by atoms with van der Waals surface area (Å²) in [7, 11) is -3.28. The van der Waals surface area contributed by atoms with Crippen molar-refractivity contribution in [2.24, 2.45) is 0 Å². The molecule has 2 aromatic carbocycles. The topological polar surface area (TPSA) is 38.8 Å². The van der Waals surface area contributed by atoms with Gasteiger partial charge in [0.1, 0.15) is 11.5 Å². The molecule has 19 heavy (non-hydrogen) atoms. The second kappa shape index (κ2) is 4.55. The van der Waals surface area contributed by atoms with Crippen molar-refractivity contribution >= 4 is 18.5 Å². The Labute approximate surface area is 112 Å². The van der Waals surface area contributed by atoms with Gasteiger partial charge >= 0.3 is 7.75 Å². The molecule has 0 unspecified atom stereocenters. The molecule has 3 rings (SSSR count). The predicted molar refractivity (Wildman–Crippen MR) is 75.7 cm³/mol. The summed E-state index contributed by atoms with van der Waals surface area (Å²) in [6, 6.07) is 11.5. The van der Waals surface area contributed by atoms with Crippen LogP contribution in [0.5, 0.6) is 11.5 Å².